The summed E-state index contributed by atoms with van der Waals surface area (Å²) in [6.07, 6.45) is 3.51. The standard InChI is InChI=1S/C34H33F2N5O5S/c1-3-46-30-18(14-27(37)42)13-26(39-29(30)23-16-47-31-22(23)5-4-6-24(31)35)34(44,21-7-8-21)17-38-32(43)19-11-20-15-41(33(36)9-10-33)40-28(20)25(12-19)45-2/h4-6,11-13,15-16,21,44H,3,7-10,14,17H2,1-2H3,(H2,37,42)(H,38,43)/t34-/m1/s1. The second-order valence-corrected chi connectivity index (χ2v) is 13.1. The van der Waals surface area contributed by atoms with E-state index in [1.807, 2.05) is 0 Å². The van der Waals surface area contributed by atoms with E-state index >= 15 is 0 Å². The number of thiophene rings is 1. The van der Waals surface area contributed by atoms with E-state index in [-0.39, 0.29) is 42.6 Å². The van der Waals surface area contributed by atoms with Crippen molar-refractivity contribution in [1.29, 1.82) is 0 Å². The van der Waals surface area contributed by atoms with Gasteiger partial charge in [-0.25, -0.2) is 18.4 Å². The van der Waals surface area contributed by atoms with Gasteiger partial charge in [0.25, 0.3) is 5.91 Å². The Kier molecular flexibility index (Phi) is 7.63. The first kappa shape index (κ1) is 31.0. The lowest BCUT2D eigenvalue weighted by molar-refractivity contribution is -0.117. The van der Waals surface area contributed by atoms with Gasteiger partial charge in [-0.1, -0.05) is 12.1 Å². The van der Waals surface area contributed by atoms with Crippen molar-refractivity contribution in [3.8, 4) is 22.8 Å². The number of carbonyl (C=O) groups excluding carboxylic acids is 2. The van der Waals surface area contributed by atoms with Crippen molar-refractivity contribution in [2.45, 2.75) is 50.4 Å². The monoisotopic (exact) mass is 661 g/mol. The smallest absolute Gasteiger partial charge is 0.251 e. The molecule has 3 aromatic heterocycles. The van der Waals surface area contributed by atoms with Crippen molar-refractivity contribution in [2.75, 3.05) is 20.3 Å². The summed E-state index contributed by atoms with van der Waals surface area (Å²) in [6, 6.07) is 9.51. The van der Waals surface area contributed by atoms with E-state index in [1.54, 1.807) is 42.8 Å². The predicted molar refractivity (Wildman–Crippen MR) is 173 cm³/mol. The lowest BCUT2D eigenvalue weighted by atomic mass is 9.90. The van der Waals surface area contributed by atoms with Crippen LogP contribution in [0.2, 0.25) is 0 Å². The molecule has 0 spiro atoms. The first-order valence-electron chi connectivity index (χ1n) is 15.4. The topological polar surface area (TPSA) is 142 Å². The zero-order valence-electron chi connectivity index (χ0n) is 25.8. The first-order chi connectivity index (χ1) is 22.5. The number of fused-ring (bicyclic) bond motifs is 2. The van der Waals surface area contributed by atoms with E-state index in [4.69, 9.17) is 20.2 Å². The number of ether oxygens (including phenoxy) is 2. The fourth-order valence-corrected chi connectivity index (χ4v) is 7.03. The molecule has 3 heterocycles. The van der Waals surface area contributed by atoms with Crippen LogP contribution in [0, 0.1) is 11.7 Å². The number of rotatable bonds is 12. The van der Waals surface area contributed by atoms with Gasteiger partial charge in [-0.15, -0.1) is 11.3 Å². The molecule has 0 unspecified atom stereocenters. The zero-order valence-corrected chi connectivity index (χ0v) is 26.6. The van der Waals surface area contributed by atoms with Crippen LogP contribution in [-0.4, -0.2) is 51.9 Å². The summed E-state index contributed by atoms with van der Waals surface area (Å²) in [5.41, 5.74) is 6.29. The summed E-state index contributed by atoms with van der Waals surface area (Å²) in [7, 11) is 1.45. The van der Waals surface area contributed by atoms with Gasteiger partial charge in [-0.2, -0.15) is 5.10 Å². The number of halogens is 2. The number of nitrogens with one attached hydrogen (secondary N) is 1. The van der Waals surface area contributed by atoms with E-state index in [0.29, 0.717) is 75.0 Å². The molecule has 7 rings (SSSR count). The maximum absolute atomic E-state index is 14.7. The van der Waals surface area contributed by atoms with E-state index in [2.05, 4.69) is 10.4 Å². The molecule has 2 saturated carbocycles. The van der Waals surface area contributed by atoms with Crippen LogP contribution in [0.3, 0.4) is 0 Å². The number of aliphatic hydroxyl groups is 1. The average Bonchev–Trinajstić information content (AvgIpc) is 3.95. The van der Waals surface area contributed by atoms with Gasteiger partial charge in [0.05, 0.1) is 37.1 Å². The number of hydrogen-bond acceptors (Lipinski definition) is 8. The number of primary amides is 1. The quantitative estimate of drug-likeness (QED) is 0.164. The number of carbonyl (C=O) groups is 2. The van der Waals surface area contributed by atoms with E-state index in [9.17, 15) is 23.5 Å². The van der Waals surface area contributed by atoms with Crippen LogP contribution in [0.15, 0.2) is 48.0 Å². The van der Waals surface area contributed by atoms with Gasteiger partial charge >= 0.3 is 0 Å². The van der Waals surface area contributed by atoms with Gasteiger partial charge in [-0.3, -0.25) is 9.59 Å². The first-order valence-corrected chi connectivity index (χ1v) is 16.3. The molecule has 2 amide bonds. The predicted octanol–water partition coefficient (Wildman–Crippen LogP) is 5.33. The molecule has 2 fully saturated rings. The molecule has 13 heteroatoms. The summed E-state index contributed by atoms with van der Waals surface area (Å²) in [5, 5.41) is 22.4. The fraction of sp³-hybridized carbons (Fsp3) is 0.353. The van der Waals surface area contributed by atoms with Crippen LogP contribution in [0.1, 0.15) is 54.2 Å². The van der Waals surface area contributed by atoms with Gasteiger partial charge in [0.2, 0.25) is 11.7 Å². The molecule has 0 bridgehead atoms. The highest BCUT2D eigenvalue weighted by Gasteiger charge is 2.48. The summed E-state index contributed by atoms with van der Waals surface area (Å²) in [4.78, 5) is 30.7. The van der Waals surface area contributed by atoms with Gasteiger partial charge in [0, 0.05) is 51.9 Å². The molecule has 0 aliphatic heterocycles. The lowest BCUT2D eigenvalue weighted by Gasteiger charge is -2.30. The van der Waals surface area contributed by atoms with Crippen LogP contribution in [0.4, 0.5) is 8.78 Å². The highest BCUT2D eigenvalue weighted by Crippen LogP contribution is 2.48. The third kappa shape index (κ3) is 5.57. The van der Waals surface area contributed by atoms with Crippen molar-refractivity contribution < 1.29 is 33.0 Å². The molecule has 10 nitrogen and oxygen atoms in total. The highest BCUT2D eigenvalue weighted by molar-refractivity contribution is 7.17. The third-order valence-electron chi connectivity index (χ3n) is 8.85. The molecular formula is C34H33F2N5O5S. The van der Waals surface area contributed by atoms with Gasteiger partial charge in [0.15, 0.2) is 0 Å². The van der Waals surface area contributed by atoms with Crippen molar-refractivity contribution in [3.05, 3.63) is 70.6 Å². The number of alkyl halides is 1. The molecule has 244 valence electrons. The Hall–Kier alpha value is -4.62. The van der Waals surface area contributed by atoms with Crippen LogP contribution in [-0.2, 0) is 22.6 Å². The maximum atomic E-state index is 14.7. The van der Waals surface area contributed by atoms with Gasteiger partial charge in [-0.05, 0) is 49.9 Å². The SMILES string of the molecule is CCOc1c(CC(N)=O)cc([C@@](O)(CNC(=O)c2cc(OC)c3nn(C4(F)CC4)cc3c2)C2CC2)nc1-c1csc2c(F)cccc12. The Labute approximate surface area is 272 Å². The largest absolute Gasteiger partial charge is 0.494 e. The number of nitrogens with zero attached hydrogens (tertiary/aromatic N) is 3. The van der Waals surface area contributed by atoms with Crippen molar-refractivity contribution in [3.63, 3.8) is 0 Å². The summed E-state index contributed by atoms with van der Waals surface area (Å²) in [6.45, 7) is 1.86. The number of methoxy groups -OCH3 is 1. The molecule has 2 aliphatic rings. The summed E-state index contributed by atoms with van der Waals surface area (Å²) in [5.74, 6) is -2.57. The number of pyridine rings is 1. The minimum Gasteiger partial charge on any atom is -0.494 e. The van der Waals surface area contributed by atoms with E-state index in [0.717, 1.165) is 0 Å². The normalized spacial score (nSPS) is 16.6. The Morgan fingerprint density at radius 1 is 1.26 bits per heavy atom. The molecule has 4 N–H and O–H groups in total. The number of nitrogens with two attached hydrogens (primary N) is 1. The highest BCUT2D eigenvalue weighted by atomic mass is 32.1. The molecule has 0 saturated heterocycles. The molecule has 0 radical (unpaired) electrons. The minimum absolute atomic E-state index is 0.185. The van der Waals surface area contributed by atoms with Crippen molar-refractivity contribution >= 4 is 44.1 Å². The zero-order chi connectivity index (χ0) is 33.1. The second-order valence-electron chi connectivity index (χ2n) is 12.2. The van der Waals surface area contributed by atoms with Gasteiger partial charge in [0.1, 0.15) is 34.1 Å². The Morgan fingerprint density at radius 2 is 2.04 bits per heavy atom. The Morgan fingerprint density at radius 3 is 2.72 bits per heavy atom. The van der Waals surface area contributed by atoms with Crippen LogP contribution < -0.4 is 20.5 Å². The molecule has 2 aliphatic carbocycles. The third-order valence-corrected chi connectivity index (χ3v) is 9.86. The van der Waals surface area contributed by atoms with Crippen molar-refractivity contribution in [1.82, 2.24) is 20.1 Å². The fourth-order valence-electron chi connectivity index (χ4n) is 6.07. The summed E-state index contributed by atoms with van der Waals surface area (Å²) < 4.78 is 42.6. The number of aromatic nitrogens is 3. The summed E-state index contributed by atoms with van der Waals surface area (Å²) >= 11 is 1.22. The molecule has 47 heavy (non-hydrogen) atoms. The van der Waals surface area contributed by atoms with E-state index < -0.39 is 23.2 Å². The lowest BCUT2D eigenvalue weighted by Crippen LogP contribution is -2.43. The average molecular weight is 662 g/mol. The Balaban J connectivity index is 1.27. The van der Waals surface area contributed by atoms with Crippen LogP contribution in [0.5, 0.6) is 11.5 Å². The molecule has 1 atom stereocenters. The second kappa shape index (κ2) is 11.6. The van der Waals surface area contributed by atoms with Crippen LogP contribution in [0.25, 0.3) is 32.2 Å². The van der Waals surface area contributed by atoms with Crippen molar-refractivity contribution in [2.24, 2.45) is 11.7 Å². The Bertz CT molecular complexity index is 2050. The van der Waals surface area contributed by atoms with Gasteiger partial charge < -0.3 is 25.6 Å². The minimum atomic E-state index is -1.62. The number of amides is 2. The molecular weight excluding hydrogens is 628 g/mol. The maximum Gasteiger partial charge on any atom is 0.251 e. The van der Waals surface area contributed by atoms with E-state index in [1.165, 1.54) is 35.3 Å². The van der Waals surface area contributed by atoms with Crippen LogP contribution >= 0.6 is 11.3 Å². The number of hydrogen-bond donors (Lipinski definition) is 3. The molecule has 2 aromatic carbocycles. The molecule has 5 aromatic rings. The number of benzene rings is 2.